The van der Waals surface area contributed by atoms with E-state index in [-0.39, 0.29) is 12.5 Å². The Balaban J connectivity index is 1.56. The van der Waals surface area contributed by atoms with Gasteiger partial charge in [0.15, 0.2) is 11.7 Å². The molecule has 0 aliphatic carbocycles. The van der Waals surface area contributed by atoms with Crippen molar-refractivity contribution in [3.63, 3.8) is 0 Å². The largest absolute Gasteiger partial charge is 0.484 e. The Bertz CT molecular complexity index is 1170. The minimum atomic E-state index is -0.151. The van der Waals surface area contributed by atoms with E-state index in [1.54, 1.807) is 11.0 Å². The van der Waals surface area contributed by atoms with Gasteiger partial charge in [-0.3, -0.25) is 9.69 Å². The number of carbonyl (C=O) groups is 1. The normalized spacial score (nSPS) is 11.1. The fraction of sp³-hybridized carbons (Fsp3) is 0.200. The lowest BCUT2D eigenvalue weighted by atomic mass is 10.0. The first kappa shape index (κ1) is 21.3. The highest BCUT2D eigenvalue weighted by molar-refractivity contribution is 7.22. The summed E-state index contributed by atoms with van der Waals surface area (Å²) in [4.78, 5) is 19.5. The topological polar surface area (TPSA) is 42.4 Å². The maximum absolute atomic E-state index is 13.2. The summed E-state index contributed by atoms with van der Waals surface area (Å²) in [6.07, 6.45) is 0. The summed E-state index contributed by atoms with van der Waals surface area (Å²) in [7, 11) is 0. The lowest BCUT2D eigenvalue weighted by Gasteiger charge is -2.20. The number of nitrogens with zero attached hydrogens (tertiary/aromatic N) is 2. The standard InChI is InChI=1S/C25H23ClN2O2S/c1-17(2)19-8-11-21(12-9-19)30-16-24(29)28(15-18-6-4-3-5-7-18)25-27-22-13-10-20(26)14-23(22)31-25/h3-14,17H,15-16H2,1-2H3. The zero-order chi connectivity index (χ0) is 21.8. The molecule has 1 amide bonds. The molecule has 3 aromatic carbocycles. The molecule has 0 radical (unpaired) electrons. The van der Waals surface area contributed by atoms with E-state index in [1.165, 1.54) is 16.9 Å². The molecule has 6 heteroatoms. The Labute approximate surface area is 191 Å². The van der Waals surface area contributed by atoms with Crippen LogP contribution in [0.15, 0.2) is 72.8 Å². The predicted molar refractivity (Wildman–Crippen MR) is 128 cm³/mol. The number of fused-ring (bicyclic) bond motifs is 1. The highest BCUT2D eigenvalue weighted by atomic mass is 35.5. The average Bonchev–Trinajstić information content (AvgIpc) is 3.19. The molecule has 0 atom stereocenters. The number of aromatic nitrogens is 1. The van der Waals surface area contributed by atoms with E-state index in [0.29, 0.717) is 28.4 Å². The van der Waals surface area contributed by atoms with Crippen molar-refractivity contribution in [2.24, 2.45) is 0 Å². The van der Waals surface area contributed by atoms with Gasteiger partial charge in [0.25, 0.3) is 5.91 Å². The number of ether oxygens (including phenoxy) is 1. The van der Waals surface area contributed by atoms with Crippen molar-refractivity contribution < 1.29 is 9.53 Å². The number of benzene rings is 3. The van der Waals surface area contributed by atoms with Gasteiger partial charge in [0, 0.05) is 5.02 Å². The van der Waals surface area contributed by atoms with Crippen LogP contribution >= 0.6 is 22.9 Å². The summed E-state index contributed by atoms with van der Waals surface area (Å²) < 4.78 is 6.74. The highest BCUT2D eigenvalue weighted by Gasteiger charge is 2.21. The van der Waals surface area contributed by atoms with Crippen molar-refractivity contribution in [1.29, 1.82) is 0 Å². The number of thiazole rings is 1. The number of hydrogen-bond donors (Lipinski definition) is 0. The van der Waals surface area contributed by atoms with E-state index in [9.17, 15) is 4.79 Å². The molecule has 0 aliphatic rings. The third kappa shape index (κ3) is 5.24. The van der Waals surface area contributed by atoms with Crippen LogP contribution in [0.4, 0.5) is 5.13 Å². The lowest BCUT2D eigenvalue weighted by Crippen LogP contribution is -2.34. The van der Waals surface area contributed by atoms with Gasteiger partial charge in [0.1, 0.15) is 5.75 Å². The number of anilines is 1. The summed E-state index contributed by atoms with van der Waals surface area (Å²) in [5.41, 5.74) is 3.08. The molecule has 0 unspecified atom stereocenters. The second kappa shape index (κ2) is 9.50. The quantitative estimate of drug-likeness (QED) is 0.315. The SMILES string of the molecule is CC(C)c1ccc(OCC(=O)N(Cc2ccccc2)c2nc3ccc(Cl)cc3s2)cc1. The molecule has 158 valence electrons. The Kier molecular flexibility index (Phi) is 6.54. The molecular weight excluding hydrogens is 428 g/mol. The van der Waals surface area contributed by atoms with Crippen LogP contribution in [0, 0.1) is 0 Å². The van der Waals surface area contributed by atoms with Crippen LogP contribution < -0.4 is 9.64 Å². The third-order valence-corrected chi connectivity index (χ3v) is 6.24. The first-order valence-corrected chi connectivity index (χ1v) is 11.3. The second-order valence-electron chi connectivity index (χ2n) is 7.59. The Morgan fingerprint density at radius 3 is 2.52 bits per heavy atom. The van der Waals surface area contributed by atoms with E-state index < -0.39 is 0 Å². The summed E-state index contributed by atoms with van der Waals surface area (Å²) in [6, 6.07) is 23.3. The van der Waals surface area contributed by atoms with Gasteiger partial charge in [-0.25, -0.2) is 4.98 Å². The van der Waals surface area contributed by atoms with Gasteiger partial charge >= 0.3 is 0 Å². The van der Waals surface area contributed by atoms with E-state index in [4.69, 9.17) is 16.3 Å². The van der Waals surface area contributed by atoms with Crippen molar-refractivity contribution in [2.75, 3.05) is 11.5 Å². The van der Waals surface area contributed by atoms with Crippen LogP contribution in [-0.2, 0) is 11.3 Å². The van der Waals surface area contributed by atoms with Gasteiger partial charge in [-0.15, -0.1) is 0 Å². The van der Waals surface area contributed by atoms with Gasteiger partial charge in [-0.2, -0.15) is 0 Å². The molecule has 0 aliphatic heterocycles. The van der Waals surface area contributed by atoms with Gasteiger partial charge in [0.05, 0.1) is 16.8 Å². The summed E-state index contributed by atoms with van der Waals surface area (Å²) in [5.74, 6) is 0.972. The van der Waals surface area contributed by atoms with E-state index in [2.05, 4.69) is 18.8 Å². The van der Waals surface area contributed by atoms with Crippen molar-refractivity contribution in [1.82, 2.24) is 4.98 Å². The van der Waals surface area contributed by atoms with Gasteiger partial charge in [-0.1, -0.05) is 79.2 Å². The van der Waals surface area contributed by atoms with Crippen molar-refractivity contribution in [2.45, 2.75) is 26.3 Å². The number of hydrogen-bond acceptors (Lipinski definition) is 4. The third-order valence-electron chi connectivity index (χ3n) is 4.96. The smallest absolute Gasteiger partial charge is 0.267 e. The Morgan fingerprint density at radius 2 is 1.81 bits per heavy atom. The molecule has 0 saturated carbocycles. The van der Waals surface area contributed by atoms with Gasteiger partial charge in [-0.05, 0) is 47.4 Å². The molecule has 0 saturated heterocycles. The number of halogens is 1. The fourth-order valence-corrected chi connectivity index (χ4v) is 4.46. The molecule has 0 fully saturated rings. The number of amides is 1. The molecule has 31 heavy (non-hydrogen) atoms. The maximum Gasteiger partial charge on any atom is 0.267 e. The number of carbonyl (C=O) groups excluding carboxylic acids is 1. The highest BCUT2D eigenvalue weighted by Crippen LogP contribution is 2.32. The van der Waals surface area contributed by atoms with Crippen LogP contribution in [-0.4, -0.2) is 17.5 Å². The first-order valence-electron chi connectivity index (χ1n) is 10.1. The molecule has 0 bridgehead atoms. The van der Waals surface area contributed by atoms with E-state index >= 15 is 0 Å². The molecule has 0 spiro atoms. The minimum Gasteiger partial charge on any atom is -0.484 e. The summed E-state index contributed by atoms with van der Waals surface area (Å²) in [6.45, 7) is 4.64. The second-order valence-corrected chi connectivity index (χ2v) is 9.03. The van der Waals surface area contributed by atoms with Gasteiger partial charge in [0.2, 0.25) is 0 Å². The fourth-order valence-electron chi connectivity index (χ4n) is 3.20. The van der Waals surface area contributed by atoms with E-state index in [1.807, 2.05) is 66.7 Å². The molecule has 0 N–H and O–H groups in total. The predicted octanol–water partition coefficient (Wildman–Crippen LogP) is 6.69. The molecule has 1 heterocycles. The Morgan fingerprint density at radius 1 is 1.06 bits per heavy atom. The molecule has 4 rings (SSSR count). The molecular formula is C25H23ClN2O2S. The van der Waals surface area contributed by atoms with E-state index in [0.717, 1.165) is 15.8 Å². The molecule has 4 nitrogen and oxygen atoms in total. The van der Waals surface area contributed by atoms with Crippen molar-refractivity contribution >= 4 is 44.2 Å². The molecule has 4 aromatic rings. The van der Waals surface area contributed by atoms with Crippen molar-refractivity contribution in [3.8, 4) is 5.75 Å². The summed E-state index contributed by atoms with van der Waals surface area (Å²) in [5, 5.41) is 1.28. The van der Waals surface area contributed by atoms with Gasteiger partial charge < -0.3 is 4.74 Å². The van der Waals surface area contributed by atoms with Crippen LogP contribution in [0.25, 0.3) is 10.2 Å². The molecule has 1 aromatic heterocycles. The van der Waals surface area contributed by atoms with Crippen molar-refractivity contribution in [3.05, 3.63) is 88.9 Å². The van der Waals surface area contributed by atoms with Crippen LogP contribution in [0.2, 0.25) is 5.02 Å². The average molecular weight is 451 g/mol. The summed E-state index contributed by atoms with van der Waals surface area (Å²) >= 11 is 7.57. The zero-order valence-corrected chi connectivity index (χ0v) is 19.0. The monoisotopic (exact) mass is 450 g/mol. The van der Waals surface area contributed by atoms with Crippen LogP contribution in [0.1, 0.15) is 30.9 Å². The maximum atomic E-state index is 13.2. The Hall–Kier alpha value is -2.89. The lowest BCUT2D eigenvalue weighted by molar-refractivity contribution is -0.120. The number of rotatable bonds is 7. The minimum absolute atomic E-state index is 0.0649. The zero-order valence-electron chi connectivity index (χ0n) is 17.4. The van der Waals surface area contributed by atoms with Crippen LogP contribution in [0.5, 0.6) is 5.75 Å². The first-order chi connectivity index (χ1) is 15.0. The van der Waals surface area contributed by atoms with Crippen LogP contribution in [0.3, 0.4) is 0 Å².